The lowest BCUT2D eigenvalue weighted by molar-refractivity contribution is 0.320. The summed E-state index contributed by atoms with van der Waals surface area (Å²) in [5, 5.41) is 3.66. The van der Waals surface area contributed by atoms with Gasteiger partial charge in [0.05, 0.1) is 6.61 Å². The number of ether oxygens (including phenoxy) is 1. The molecule has 0 aliphatic carbocycles. The van der Waals surface area contributed by atoms with Gasteiger partial charge in [0.15, 0.2) is 0 Å². The van der Waals surface area contributed by atoms with Crippen molar-refractivity contribution in [2.45, 2.75) is 39.2 Å². The highest BCUT2D eigenvalue weighted by molar-refractivity contribution is 7.99. The Labute approximate surface area is 127 Å². The maximum Gasteiger partial charge on any atom is 0.124 e. The number of hydrogen-bond donors (Lipinski definition) is 1. The summed E-state index contributed by atoms with van der Waals surface area (Å²) >= 11 is 2.10. The van der Waals surface area contributed by atoms with Crippen molar-refractivity contribution in [2.75, 3.05) is 24.7 Å². The summed E-state index contributed by atoms with van der Waals surface area (Å²) in [5.74, 6) is 4.56. The molecule has 1 saturated heterocycles. The Hall–Kier alpha value is -0.670. The topological polar surface area (TPSA) is 21.3 Å². The van der Waals surface area contributed by atoms with Crippen LogP contribution < -0.4 is 10.1 Å². The molecule has 0 aromatic heterocycles. The zero-order chi connectivity index (χ0) is 14.2. The van der Waals surface area contributed by atoms with Gasteiger partial charge in [-0.1, -0.05) is 25.1 Å². The molecule has 2 nitrogen and oxygen atoms in total. The van der Waals surface area contributed by atoms with Crippen LogP contribution in [0.1, 0.15) is 44.7 Å². The summed E-state index contributed by atoms with van der Waals surface area (Å²) in [6.07, 6.45) is 3.96. The highest BCUT2D eigenvalue weighted by Gasteiger charge is 2.21. The smallest absolute Gasteiger partial charge is 0.124 e. The van der Waals surface area contributed by atoms with Gasteiger partial charge in [-0.2, -0.15) is 11.8 Å². The van der Waals surface area contributed by atoms with E-state index in [1.165, 1.54) is 36.3 Å². The summed E-state index contributed by atoms with van der Waals surface area (Å²) in [7, 11) is 0. The maximum absolute atomic E-state index is 5.81. The molecule has 1 fully saturated rings. The summed E-state index contributed by atoms with van der Waals surface area (Å²) in [5.41, 5.74) is 1.33. The van der Waals surface area contributed by atoms with Crippen LogP contribution in [-0.4, -0.2) is 24.7 Å². The van der Waals surface area contributed by atoms with Crippen molar-refractivity contribution in [1.82, 2.24) is 5.32 Å². The molecule has 1 aromatic rings. The second-order valence-corrected chi connectivity index (χ2v) is 6.60. The SMILES string of the molecule is CCNC(CC1CCSCC1)c1ccccc1OCC. The normalized spacial score (nSPS) is 17.9. The molecule has 3 heteroatoms. The van der Waals surface area contributed by atoms with E-state index < -0.39 is 0 Å². The minimum atomic E-state index is 0.427. The van der Waals surface area contributed by atoms with Crippen molar-refractivity contribution in [2.24, 2.45) is 5.92 Å². The van der Waals surface area contributed by atoms with Gasteiger partial charge in [0, 0.05) is 11.6 Å². The third-order valence-electron chi connectivity index (χ3n) is 3.95. The van der Waals surface area contributed by atoms with Crippen molar-refractivity contribution in [3.05, 3.63) is 29.8 Å². The zero-order valence-electron chi connectivity index (χ0n) is 12.7. The first-order valence-electron chi connectivity index (χ1n) is 7.88. The van der Waals surface area contributed by atoms with Crippen LogP contribution in [0.3, 0.4) is 0 Å². The number of benzene rings is 1. The second-order valence-electron chi connectivity index (χ2n) is 5.37. The lowest BCUT2D eigenvalue weighted by Crippen LogP contribution is -2.25. The fraction of sp³-hybridized carbons (Fsp3) is 0.647. The largest absolute Gasteiger partial charge is 0.494 e. The van der Waals surface area contributed by atoms with E-state index in [0.29, 0.717) is 6.04 Å². The van der Waals surface area contributed by atoms with Gasteiger partial charge >= 0.3 is 0 Å². The number of rotatable bonds is 7. The molecule has 0 bridgehead atoms. The summed E-state index contributed by atoms with van der Waals surface area (Å²) in [6, 6.07) is 8.93. The van der Waals surface area contributed by atoms with E-state index in [9.17, 15) is 0 Å². The first-order chi connectivity index (χ1) is 9.85. The summed E-state index contributed by atoms with van der Waals surface area (Å²) in [6.45, 7) is 5.98. The Morgan fingerprint density at radius 3 is 2.70 bits per heavy atom. The van der Waals surface area contributed by atoms with Gasteiger partial charge in [-0.25, -0.2) is 0 Å². The van der Waals surface area contributed by atoms with E-state index in [1.54, 1.807) is 0 Å². The third kappa shape index (κ3) is 4.42. The van der Waals surface area contributed by atoms with Gasteiger partial charge in [-0.05, 0) is 56.2 Å². The van der Waals surface area contributed by atoms with Crippen molar-refractivity contribution in [1.29, 1.82) is 0 Å². The van der Waals surface area contributed by atoms with E-state index in [2.05, 4.69) is 55.2 Å². The number of para-hydroxylation sites is 1. The Morgan fingerprint density at radius 1 is 1.25 bits per heavy atom. The summed E-state index contributed by atoms with van der Waals surface area (Å²) < 4.78 is 5.81. The molecule has 1 unspecified atom stereocenters. The van der Waals surface area contributed by atoms with Crippen LogP contribution in [0, 0.1) is 5.92 Å². The van der Waals surface area contributed by atoms with Crippen molar-refractivity contribution >= 4 is 11.8 Å². The van der Waals surface area contributed by atoms with E-state index in [0.717, 1.165) is 24.8 Å². The predicted octanol–water partition coefficient (Wildman–Crippen LogP) is 4.27. The standard InChI is InChI=1S/C17H27NOS/c1-3-18-16(13-14-9-11-20-12-10-14)15-7-5-6-8-17(15)19-4-2/h5-8,14,16,18H,3-4,9-13H2,1-2H3. The van der Waals surface area contributed by atoms with Crippen molar-refractivity contribution in [3.8, 4) is 5.75 Å². The molecule has 20 heavy (non-hydrogen) atoms. The van der Waals surface area contributed by atoms with Crippen LogP contribution in [0.5, 0.6) is 5.75 Å². The van der Waals surface area contributed by atoms with Gasteiger partial charge in [0.25, 0.3) is 0 Å². The molecule has 0 spiro atoms. The number of thioether (sulfide) groups is 1. The predicted molar refractivity (Wildman–Crippen MR) is 88.7 cm³/mol. The fourth-order valence-electron chi connectivity index (χ4n) is 2.94. The van der Waals surface area contributed by atoms with E-state index in [4.69, 9.17) is 4.74 Å². The van der Waals surface area contributed by atoms with E-state index in [1.807, 2.05) is 0 Å². The Kier molecular flexibility index (Phi) is 6.74. The molecule has 2 rings (SSSR count). The van der Waals surface area contributed by atoms with Gasteiger partial charge in [0.1, 0.15) is 5.75 Å². The highest BCUT2D eigenvalue weighted by atomic mass is 32.2. The van der Waals surface area contributed by atoms with Gasteiger partial charge in [-0.15, -0.1) is 0 Å². The Morgan fingerprint density at radius 2 is 2.00 bits per heavy atom. The maximum atomic E-state index is 5.81. The van der Waals surface area contributed by atoms with Crippen molar-refractivity contribution < 1.29 is 4.74 Å². The minimum Gasteiger partial charge on any atom is -0.494 e. The Bertz CT molecular complexity index is 390. The molecular formula is C17H27NOS. The Balaban J connectivity index is 2.10. The second kappa shape index (κ2) is 8.58. The zero-order valence-corrected chi connectivity index (χ0v) is 13.5. The fourth-order valence-corrected chi connectivity index (χ4v) is 4.14. The quantitative estimate of drug-likeness (QED) is 0.811. The number of nitrogens with one attached hydrogen (secondary N) is 1. The van der Waals surface area contributed by atoms with Gasteiger partial charge in [0.2, 0.25) is 0 Å². The first kappa shape index (κ1) is 15.7. The molecule has 1 aliphatic heterocycles. The molecular weight excluding hydrogens is 266 g/mol. The monoisotopic (exact) mass is 293 g/mol. The highest BCUT2D eigenvalue weighted by Crippen LogP contribution is 2.34. The molecule has 1 N–H and O–H groups in total. The van der Waals surface area contributed by atoms with Crippen molar-refractivity contribution in [3.63, 3.8) is 0 Å². The van der Waals surface area contributed by atoms with Crippen LogP contribution in [0.15, 0.2) is 24.3 Å². The summed E-state index contributed by atoms with van der Waals surface area (Å²) in [4.78, 5) is 0. The molecule has 1 aromatic carbocycles. The first-order valence-corrected chi connectivity index (χ1v) is 9.03. The van der Waals surface area contributed by atoms with E-state index >= 15 is 0 Å². The molecule has 0 saturated carbocycles. The molecule has 1 heterocycles. The molecule has 1 aliphatic rings. The van der Waals surface area contributed by atoms with Crippen LogP contribution in [0.25, 0.3) is 0 Å². The van der Waals surface area contributed by atoms with Crippen LogP contribution >= 0.6 is 11.8 Å². The lowest BCUT2D eigenvalue weighted by atomic mass is 9.90. The lowest BCUT2D eigenvalue weighted by Gasteiger charge is -2.28. The number of hydrogen-bond acceptors (Lipinski definition) is 3. The average Bonchev–Trinajstić information content (AvgIpc) is 2.49. The van der Waals surface area contributed by atoms with E-state index in [-0.39, 0.29) is 0 Å². The molecule has 0 radical (unpaired) electrons. The van der Waals surface area contributed by atoms with Gasteiger partial charge < -0.3 is 10.1 Å². The van der Waals surface area contributed by atoms with Crippen LogP contribution in [-0.2, 0) is 0 Å². The third-order valence-corrected chi connectivity index (χ3v) is 5.00. The molecule has 112 valence electrons. The molecule has 1 atom stereocenters. The van der Waals surface area contributed by atoms with Gasteiger partial charge in [-0.3, -0.25) is 0 Å². The molecule has 0 amide bonds. The average molecular weight is 293 g/mol. The minimum absolute atomic E-state index is 0.427. The van der Waals surface area contributed by atoms with Crippen LogP contribution in [0.2, 0.25) is 0 Å². The van der Waals surface area contributed by atoms with Crippen LogP contribution in [0.4, 0.5) is 0 Å².